The van der Waals surface area contributed by atoms with Gasteiger partial charge < -0.3 is 4.74 Å². The van der Waals surface area contributed by atoms with Crippen LogP contribution in [0.2, 0.25) is 5.02 Å². The summed E-state index contributed by atoms with van der Waals surface area (Å²) < 4.78 is 5.63. The molecule has 0 aliphatic rings. The van der Waals surface area contributed by atoms with Gasteiger partial charge in [-0.25, -0.2) is 4.98 Å². The Balaban J connectivity index is 2.23. The predicted octanol–water partition coefficient (Wildman–Crippen LogP) is 3.82. The molecule has 0 unspecified atom stereocenters. The first-order chi connectivity index (χ1) is 8.19. The van der Waals surface area contributed by atoms with Gasteiger partial charge in [-0.1, -0.05) is 17.5 Å². The van der Waals surface area contributed by atoms with E-state index in [4.69, 9.17) is 22.8 Å². The fraction of sp³-hybridized carbons (Fsp3) is 0.0714. The maximum absolute atomic E-state index is 5.87. The van der Waals surface area contributed by atoms with Crippen LogP contribution >= 0.6 is 11.6 Å². The number of aromatic nitrogens is 1. The average Bonchev–Trinajstić information content (AvgIpc) is 2.34. The van der Waals surface area contributed by atoms with E-state index in [1.807, 2.05) is 19.1 Å². The molecule has 0 N–H and O–H groups in total. The molecule has 84 valence electrons. The minimum atomic E-state index is 0.509. The number of benzene rings is 1. The molecule has 2 nitrogen and oxygen atoms in total. The zero-order chi connectivity index (χ0) is 12.3. The molecule has 3 heteroatoms. The number of hydrogen-bond acceptors (Lipinski definition) is 2. The van der Waals surface area contributed by atoms with Crippen LogP contribution in [0, 0.1) is 19.3 Å². The van der Waals surface area contributed by atoms with Crippen LogP contribution in [-0.2, 0) is 0 Å². The van der Waals surface area contributed by atoms with Crippen molar-refractivity contribution < 1.29 is 4.74 Å². The lowest BCUT2D eigenvalue weighted by Crippen LogP contribution is -1.90. The molecule has 1 heterocycles. The summed E-state index contributed by atoms with van der Waals surface area (Å²) in [6, 6.07) is 8.96. The number of hydrogen-bond donors (Lipinski definition) is 0. The summed E-state index contributed by atoms with van der Waals surface area (Å²) in [4.78, 5) is 4.11. The summed E-state index contributed by atoms with van der Waals surface area (Å²) >= 11 is 5.87. The Morgan fingerprint density at radius 3 is 2.71 bits per heavy atom. The fourth-order valence-electron chi connectivity index (χ4n) is 1.37. The maximum atomic E-state index is 5.87. The van der Waals surface area contributed by atoms with Gasteiger partial charge in [0, 0.05) is 22.8 Å². The molecule has 0 atom stereocenters. The third kappa shape index (κ3) is 2.77. The topological polar surface area (TPSA) is 22.1 Å². The Morgan fingerprint density at radius 1 is 1.29 bits per heavy atom. The molecule has 17 heavy (non-hydrogen) atoms. The van der Waals surface area contributed by atoms with Crippen molar-refractivity contribution >= 4 is 11.6 Å². The zero-order valence-electron chi connectivity index (χ0n) is 9.27. The van der Waals surface area contributed by atoms with Gasteiger partial charge in [0.25, 0.3) is 0 Å². The van der Waals surface area contributed by atoms with Crippen molar-refractivity contribution in [2.24, 2.45) is 0 Å². The lowest BCUT2D eigenvalue weighted by molar-refractivity contribution is 0.459. The predicted molar refractivity (Wildman–Crippen MR) is 68.4 cm³/mol. The Hall–Kier alpha value is -1.98. The van der Waals surface area contributed by atoms with Crippen LogP contribution in [-0.4, -0.2) is 4.98 Å². The van der Waals surface area contributed by atoms with Gasteiger partial charge in [0.05, 0.1) is 0 Å². The number of rotatable bonds is 2. The molecule has 2 aromatic rings. The number of halogens is 1. The summed E-state index contributed by atoms with van der Waals surface area (Å²) in [5.41, 5.74) is 1.69. The highest BCUT2D eigenvalue weighted by atomic mass is 35.5. The summed E-state index contributed by atoms with van der Waals surface area (Å²) in [5, 5.41) is 0.686. The molecule has 0 bridgehead atoms. The second kappa shape index (κ2) is 4.90. The number of pyridine rings is 1. The molecule has 0 radical (unpaired) electrons. The van der Waals surface area contributed by atoms with E-state index in [9.17, 15) is 0 Å². The van der Waals surface area contributed by atoms with Crippen molar-refractivity contribution in [3.63, 3.8) is 0 Å². The second-order valence-electron chi connectivity index (χ2n) is 3.54. The molecule has 0 saturated carbocycles. The van der Waals surface area contributed by atoms with Gasteiger partial charge in [-0.3, -0.25) is 0 Å². The molecule has 0 aliphatic heterocycles. The Labute approximate surface area is 105 Å². The van der Waals surface area contributed by atoms with Crippen LogP contribution < -0.4 is 4.74 Å². The van der Waals surface area contributed by atoms with Crippen molar-refractivity contribution in [3.05, 3.63) is 52.7 Å². The van der Waals surface area contributed by atoms with E-state index < -0.39 is 0 Å². The van der Waals surface area contributed by atoms with Crippen LogP contribution in [0.1, 0.15) is 11.1 Å². The van der Waals surface area contributed by atoms with Crippen LogP contribution in [0.4, 0.5) is 0 Å². The van der Waals surface area contributed by atoms with Crippen molar-refractivity contribution in [2.75, 3.05) is 0 Å². The van der Waals surface area contributed by atoms with Crippen LogP contribution in [0.3, 0.4) is 0 Å². The number of nitrogens with zero attached hydrogens (tertiary/aromatic N) is 1. The highest BCUT2D eigenvalue weighted by Crippen LogP contribution is 2.25. The maximum Gasteiger partial charge on any atom is 0.219 e. The SMILES string of the molecule is C#Cc1ccc(Oc2ccc(Cl)cc2C)nc1. The first-order valence-electron chi connectivity index (χ1n) is 5.06. The van der Waals surface area contributed by atoms with Crippen LogP contribution in [0.5, 0.6) is 11.6 Å². The lowest BCUT2D eigenvalue weighted by atomic mass is 10.2. The molecular weight excluding hydrogens is 234 g/mol. The van der Waals surface area contributed by atoms with E-state index in [2.05, 4.69) is 10.9 Å². The Morgan fingerprint density at radius 2 is 2.12 bits per heavy atom. The van der Waals surface area contributed by atoms with Crippen LogP contribution in [0.25, 0.3) is 0 Å². The summed E-state index contributed by atoms with van der Waals surface area (Å²) in [7, 11) is 0. The van der Waals surface area contributed by atoms with Crippen molar-refractivity contribution in [3.8, 4) is 24.0 Å². The second-order valence-corrected chi connectivity index (χ2v) is 3.98. The zero-order valence-corrected chi connectivity index (χ0v) is 10.0. The number of ether oxygens (including phenoxy) is 1. The van der Waals surface area contributed by atoms with Gasteiger partial charge in [-0.15, -0.1) is 6.42 Å². The molecule has 1 aromatic carbocycles. The van der Waals surface area contributed by atoms with Gasteiger partial charge in [-0.2, -0.15) is 0 Å². The molecule has 0 fully saturated rings. The Kier molecular flexibility index (Phi) is 3.32. The normalized spacial score (nSPS) is 9.71. The van der Waals surface area contributed by atoms with Crippen molar-refractivity contribution in [1.29, 1.82) is 0 Å². The average molecular weight is 244 g/mol. The van der Waals surface area contributed by atoms with E-state index in [-0.39, 0.29) is 0 Å². The first kappa shape index (κ1) is 11.5. The van der Waals surface area contributed by atoms with Gasteiger partial charge >= 0.3 is 0 Å². The van der Waals surface area contributed by atoms with Gasteiger partial charge in [0.2, 0.25) is 5.88 Å². The summed E-state index contributed by atoms with van der Waals surface area (Å²) in [5.74, 6) is 3.74. The van der Waals surface area contributed by atoms with E-state index in [0.717, 1.165) is 16.9 Å². The van der Waals surface area contributed by atoms with E-state index in [1.54, 1.807) is 24.4 Å². The van der Waals surface area contributed by atoms with Gasteiger partial charge in [0.15, 0.2) is 0 Å². The quantitative estimate of drug-likeness (QED) is 0.748. The Bertz CT molecular complexity index is 570. The van der Waals surface area contributed by atoms with Gasteiger partial charge in [0.1, 0.15) is 5.75 Å². The first-order valence-corrected chi connectivity index (χ1v) is 5.43. The smallest absolute Gasteiger partial charge is 0.219 e. The molecule has 1 aromatic heterocycles. The number of terminal acetylenes is 1. The molecule has 2 rings (SSSR count). The van der Waals surface area contributed by atoms with E-state index >= 15 is 0 Å². The minimum absolute atomic E-state index is 0.509. The van der Waals surface area contributed by atoms with E-state index in [0.29, 0.717) is 10.9 Å². The molecule has 0 amide bonds. The monoisotopic (exact) mass is 243 g/mol. The lowest BCUT2D eigenvalue weighted by Gasteiger charge is -2.07. The molecule has 0 aliphatic carbocycles. The van der Waals surface area contributed by atoms with Crippen molar-refractivity contribution in [2.45, 2.75) is 6.92 Å². The van der Waals surface area contributed by atoms with Gasteiger partial charge in [-0.05, 0) is 36.8 Å². The summed E-state index contributed by atoms with van der Waals surface area (Å²) in [6.07, 6.45) is 6.85. The molecule has 0 saturated heterocycles. The van der Waals surface area contributed by atoms with E-state index in [1.165, 1.54) is 0 Å². The minimum Gasteiger partial charge on any atom is -0.439 e. The summed E-state index contributed by atoms with van der Waals surface area (Å²) in [6.45, 7) is 1.93. The van der Waals surface area contributed by atoms with Crippen molar-refractivity contribution in [1.82, 2.24) is 4.98 Å². The molecule has 0 spiro atoms. The highest BCUT2D eigenvalue weighted by Gasteiger charge is 2.02. The fourth-order valence-corrected chi connectivity index (χ4v) is 1.59. The van der Waals surface area contributed by atoms with Crippen LogP contribution in [0.15, 0.2) is 36.5 Å². The third-order valence-corrected chi connectivity index (χ3v) is 2.49. The highest BCUT2D eigenvalue weighted by molar-refractivity contribution is 6.30. The molecular formula is C14H10ClNO. The largest absolute Gasteiger partial charge is 0.439 e. The third-order valence-electron chi connectivity index (χ3n) is 2.25. The number of aryl methyl sites for hydroxylation is 1. The standard InChI is InChI=1S/C14H10ClNO/c1-3-11-4-7-14(16-9-11)17-13-6-5-12(15)8-10(13)2/h1,4-9H,2H3.